The smallest absolute Gasteiger partial charge is 0.365 e. The fourth-order valence-corrected chi connectivity index (χ4v) is 0.112. The molecular weight excluding hydrogens is 282 g/mol. The van der Waals surface area contributed by atoms with Crippen LogP contribution < -0.4 is 0 Å². The van der Waals surface area contributed by atoms with Crippen LogP contribution in [0.25, 0.3) is 0 Å². The van der Waals surface area contributed by atoms with Crippen LogP contribution in [-0.4, -0.2) is 25.0 Å². The van der Waals surface area contributed by atoms with Crippen LogP contribution in [0, 0.1) is 13.8 Å². The predicted molar refractivity (Wildman–Crippen MR) is 39.6 cm³/mol. The van der Waals surface area contributed by atoms with Crippen LogP contribution in [-0.2, 0) is 21.1 Å². The monoisotopic (exact) mass is 299 g/mol. The Labute approximate surface area is 74.1 Å². The van der Waals surface area contributed by atoms with Crippen molar-refractivity contribution in [3.05, 3.63) is 13.8 Å². The van der Waals surface area contributed by atoms with Gasteiger partial charge in [0.1, 0.15) is 0 Å². The van der Waals surface area contributed by atoms with E-state index in [2.05, 4.69) is 13.8 Å². The van der Waals surface area contributed by atoms with Crippen molar-refractivity contribution in [2.24, 2.45) is 0 Å². The van der Waals surface area contributed by atoms with Gasteiger partial charge in [-0.25, -0.2) is 0 Å². The SMILES string of the molecule is CC.[CH2-]CN(C)C[CH2-].[W+2]. The van der Waals surface area contributed by atoms with Crippen LogP contribution in [0.15, 0.2) is 0 Å². The minimum absolute atomic E-state index is 0. The molecule has 0 heterocycles. The minimum atomic E-state index is 0. The van der Waals surface area contributed by atoms with E-state index in [0.717, 1.165) is 13.1 Å². The zero-order chi connectivity index (χ0) is 6.99. The molecular formula is C7H17NW. The average molecular weight is 299 g/mol. The summed E-state index contributed by atoms with van der Waals surface area (Å²) in [6.07, 6.45) is 0. The summed E-state index contributed by atoms with van der Waals surface area (Å²) in [5.41, 5.74) is 0. The first kappa shape index (κ1) is 16.3. The Morgan fingerprint density at radius 2 is 1.33 bits per heavy atom. The summed E-state index contributed by atoms with van der Waals surface area (Å²) in [7, 11) is 1.99. The van der Waals surface area contributed by atoms with Gasteiger partial charge in [0.05, 0.1) is 0 Å². The predicted octanol–water partition coefficient (Wildman–Crippen LogP) is 1.61. The zero-order valence-electron chi connectivity index (χ0n) is 6.68. The first-order chi connectivity index (χ1) is 3.81. The Kier molecular flexibility index (Phi) is 28.8. The Morgan fingerprint density at radius 1 is 1.11 bits per heavy atom. The Morgan fingerprint density at radius 3 is 1.33 bits per heavy atom. The summed E-state index contributed by atoms with van der Waals surface area (Å²) in [6.45, 7) is 13.0. The van der Waals surface area contributed by atoms with Crippen molar-refractivity contribution in [1.82, 2.24) is 4.90 Å². The molecule has 0 spiro atoms. The molecule has 0 N–H and O–H groups in total. The van der Waals surface area contributed by atoms with Crippen LogP contribution in [0.4, 0.5) is 0 Å². The van der Waals surface area contributed by atoms with E-state index in [1.165, 1.54) is 0 Å². The number of rotatable bonds is 2. The topological polar surface area (TPSA) is 3.24 Å². The quantitative estimate of drug-likeness (QED) is 0.700. The fourth-order valence-electron chi connectivity index (χ4n) is 0.112. The molecule has 0 radical (unpaired) electrons. The summed E-state index contributed by atoms with van der Waals surface area (Å²) in [6, 6.07) is 0. The van der Waals surface area contributed by atoms with Gasteiger partial charge in [0.2, 0.25) is 0 Å². The zero-order valence-corrected chi connectivity index (χ0v) is 9.62. The summed E-state index contributed by atoms with van der Waals surface area (Å²) in [5.74, 6) is 0. The summed E-state index contributed by atoms with van der Waals surface area (Å²) in [4.78, 5) is 2.03. The average Bonchev–Trinajstić information content (AvgIpc) is 1.91. The molecule has 0 unspecified atom stereocenters. The summed E-state index contributed by atoms with van der Waals surface area (Å²) in [5, 5.41) is 0. The molecule has 0 aromatic rings. The standard InChI is InChI=1S/C5H11N.C2H6.W/c1-4-6(3)5-2;1-2;/h1-2,4-5H2,3H3;1-2H3;/q-2;;+2. The van der Waals surface area contributed by atoms with E-state index in [0.29, 0.717) is 0 Å². The molecule has 0 fully saturated rings. The minimum Gasteiger partial charge on any atom is -0.365 e. The normalized spacial score (nSPS) is 7.33. The molecule has 0 saturated carbocycles. The molecule has 0 aliphatic rings. The first-order valence-corrected chi connectivity index (χ1v) is 3.08. The molecule has 0 aliphatic heterocycles. The van der Waals surface area contributed by atoms with E-state index < -0.39 is 0 Å². The Balaban J connectivity index is -0.000000109. The molecule has 2 heteroatoms. The van der Waals surface area contributed by atoms with Gasteiger partial charge in [-0.3, -0.25) is 0 Å². The van der Waals surface area contributed by atoms with Crippen molar-refractivity contribution in [2.45, 2.75) is 13.8 Å². The van der Waals surface area contributed by atoms with Gasteiger partial charge in [-0.15, -0.1) is 13.1 Å². The van der Waals surface area contributed by atoms with Gasteiger partial charge in [0.25, 0.3) is 0 Å². The largest absolute Gasteiger partial charge is 2.00 e. The van der Waals surface area contributed by atoms with Crippen LogP contribution in [0.1, 0.15) is 13.8 Å². The van der Waals surface area contributed by atoms with Crippen LogP contribution >= 0.6 is 0 Å². The molecule has 0 aromatic heterocycles. The third-order valence-corrected chi connectivity index (χ3v) is 0.763. The number of nitrogens with zero attached hydrogens (tertiary/aromatic N) is 1. The van der Waals surface area contributed by atoms with Crippen LogP contribution in [0.5, 0.6) is 0 Å². The molecule has 0 aliphatic carbocycles. The molecule has 0 atom stereocenters. The second-order valence-electron chi connectivity index (χ2n) is 1.30. The molecule has 0 bridgehead atoms. The van der Waals surface area contributed by atoms with Crippen LogP contribution in [0.3, 0.4) is 0 Å². The summed E-state index contributed by atoms with van der Waals surface area (Å²) < 4.78 is 0. The maximum atomic E-state index is 3.64. The van der Waals surface area contributed by atoms with E-state index in [4.69, 9.17) is 0 Å². The third-order valence-electron chi connectivity index (χ3n) is 0.763. The number of hydrogen-bond donors (Lipinski definition) is 0. The fraction of sp³-hybridized carbons (Fsp3) is 0.714. The van der Waals surface area contributed by atoms with Gasteiger partial charge in [-0.1, -0.05) is 13.8 Å². The van der Waals surface area contributed by atoms with Gasteiger partial charge < -0.3 is 18.7 Å². The molecule has 0 amide bonds. The van der Waals surface area contributed by atoms with Crippen molar-refractivity contribution < 1.29 is 21.1 Å². The summed E-state index contributed by atoms with van der Waals surface area (Å²) >= 11 is 0. The van der Waals surface area contributed by atoms with E-state index in [1.807, 2.05) is 25.8 Å². The van der Waals surface area contributed by atoms with Crippen LogP contribution in [0.2, 0.25) is 0 Å². The van der Waals surface area contributed by atoms with Gasteiger partial charge in [0, 0.05) is 0 Å². The van der Waals surface area contributed by atoms with E-state index in [9.17, 15) is 0 Å². The molecule has 56 valence electrons. The van der Waals surface area contributed by atoms with Crippen molar-refractivity contribution in [1.29, 1.82) is 0 Å². The molecule has 0 saturated heterocycles. The van der Waals surface area contributed by atoms with E-state index >= 15 is 0 Å². The van der Waals surface area contributed by atoms with Crippen molar-refractivity contribution in [3.8, 4) is 0 Å². The van der Waals surface area contributed by atoms with E-state index in [1.54, 1.807) is 0 Å². The van der Waals surface area contributed by atoms with Crippen molar-refractivity contribution >= 4 is 0 Å². The van der Waals surface area contributed by atoms with Crippen molar-refractivity contribution in [3.63, 3.8) is 0 Å². The first-order valence-electron chi connectivity index (χ1n) is 3.08. The third kappa shape index (κ3) is 17.7. The molecule has 0 rings (SSSR count). The second-order valence-corrected chi connectivity index (χ2v) is 1.30. The van der Waals surface area contributed by atoms with Gasteiger partial charge >= 0.3 is 21.1 Å². The molecule has 0 aromatic carbocycles. The van der Waals surface area contributed by atoms with Crippen molar-refractivity contribution in [2.75, 3.05) is 20.1 Å². The second kappa shape index (κ2) is 15.9. The Bertz CT molecular complexity index is 28.1. The maximum Gasteiger partial charge on any atom is 2.00 e. The number of hydrogen-bond acceptors (Lipinski definition) is 1. The van der Waals surface area contributed by atoms with Gasteiger partial charge in [0.15, 0.2) is 0 Å². The van der Waals surface area contributed by atoms with Gasteiger partial charge in [-0.2, -0.15) is 0 Å². The molecule has 9 heavy (non-hydrogen) atoms. The van der Waals surface area contributed by atoms with E-state index in [-0.39, 0.29) is 21.1 Å². The van der Waals surface area contributed by atoms with Gasteiger partial charge in [-0.05, 0) is 7.05 Å². The maximum absolute atomic E-state index is 3.64. The Hall–Kier alpha value is 0.648. The molecule has 1 nitrogen and oxygen atoms in total.